The molecule has 2 aromatic rings. The topological polar surface area (TPSA) is 94.3 Å². The standard InChI is InChI=1S/C23H32ClN5O2/c1-30-23-21(26-12-15-6-8-31-9-7-15)10-16(13-28-23)19-11-22(27-14-20(19)24)29-18-4-2-17(25)3-5-18/h10-11,13-15,17-18,26H,2-9,12,25H2,1H3,(H,27,29)/t17-,18-. The van der Waals surface area contributed by atoms with Gasteiger partial charge in [0.1, 0.15) is 5.82 Å². The zero-order valence-electron chi connectivity index (χ0n) is 18.1. The van der Waals surface area contributed by atoms with Crippen molar-refractivity contribution in [3.05, 3.63) is 29.5 Å². The predicted octanol–water partition coefficient (Wildman–Crippen LogP) is 4.33. The van der Waals surface area contributed by atoms with E-state index in [9.17, 15) is 0 Å². The molecule has 2 fully saturated rings. The van der Waals surface area contributed by atoms with Gasteiger partial charge in [-0.2, -0.15) is 0 Å². The van der Waals surface area contributed by atoms with Gasteiger partial charge in [-0.25, -0.2) is 9.97 Å². The third-order valence-corrected chi connectivity index (χ3v) is 6.56. The Morgan fingerprint density at radius 3 is 2.61 bits per heavy atom. The Kier molecular flexibility index (Phi) is 7.48. The molecule has 0 aromatic carbocycles. The first-order valence-electron chi connectivity index (χ1n) is 11.2. The summed E-state index contributed by atoms with van der Waals surface area (Å²) in [5.41, 5.74) is 8.73. The number of hydrogen-bond acceptors (Lipinski definition) is 7. The summed E-state index contributed by atoms with van der Waals surface area (Å²) in [4.78, 5) is 8.99. The monoisotopic (exact) mass is 445 g/mol. The van der Waals surface area contributed by atoms with Crippen molar-refractivity contribution < 1.29 is 9.47 Å². The lowest BCUT2D eigenvalue weighted by molar-refractivity contribution is 0.0699. The Morgan fingerprint density at radius 1 is 1.10 bits per heavy atom. The molecule has 4 N–H and O–H groups in total. The van der Waals surface area contributed by atoms with E-state index in [-0.39, 0.29) is 0 Å². The summed E-state index contributed by atoms with van der Waals surface area (Å²) < 4.78 is 10.9. The van der Waals surface area contributed by atoms with E-state index >= 15 is 0 Å². The second-order valence-electron chi connectivity index (χ2n) is 8.52. The molecule has 2 aromatic heterocycles. The van der Waals surface area contributed by atoms with Crippen molar-refractivity contribution in [3.63, 3.8) is 0 Å². The van der Waals surface area contributed by atoms with Crippen LogP contribution in [0.3, 0.4) is 0 Å². The van der Waals surface area contributed by atoms with Gasteiger partial charge in [-0.1, -0.05) is 11.6 Å². The molecule has 0 atom stereocenters. The maximum Gasteiger partial charge on any atom is 0.237 e. The second kappa shape index (κ2) is 10.5. The van der Waals surface area contributed by atoms with Gasteiger partial charge in [0.15, 0.2) is 0 Å². The molecular weight excluding hydrogens is 414 g/mol. The van der Waals surface area contributed by atoms with Crippen molar-refractivity contribution in [1.29, 1.82) is 0 Å². The van der Waals surface area contributed by atoms with Gasteiger partial charge < -0.3 is 25.8 Å². The molecule has 1 aliphatic carbocycles. The molecule has 1 saturated carbocycles. The van der Waals surface area contributed by atoms with Gasteiger partial charge in [-0.15, -0.1) is 0 Å². The highest BCUT2D eigenvalue weighted by atomic mass is 35.5. The van der Waals surface area contributed by atoms with Crippen molar-refractivity contribution in [1.82, 2.24) is 9.97 Å². The third-order valence-electron chi connectivity index (χ3n) is 6.26. The number of anilines is 2. The maximum absolute atomic E-state index is 6.52. The minimum atomic E-state index is 0.323. The number of aromatic nitrogens is 2. The normalized spacial score (nSPS) is 22.2. The van der Waals surface area contributed by atoms with Gasteiger partial charge >= 0.3 is 0 Å². The Bertz CT molecular complexity index is 867. The number of pyridine rings is 2. The Labute approximate surface area is 189 Å². The van der Waals surface area contributed by atoms with Gasteiger partial charge in [-0.3, -0.25) is 0 Å². The lowest BCUT2D eigenvalue weighted by atomic mass is 9.92. The number of halogens is 1. The minimum absolute atomic E-state index is 0.323. The SMILES string of the molecule is COc1ncc(-c2cc(N[C@H]3CC[C@H](N)CC3)ncc2Cl)cc1NCC1CCOCC1. The number of nitrogens with two attached hydrogens (primary N) is 1. The minimum Gasteiger partial charge on any atom is -0.480 e. The van der Waals surface area contributed by atoms with Crippen LogP contribution in [0.15, 0.2) is 24.5 Å². The van der Waals surface area contributed by atoms with E-state index in [4.69, 9.17) is 26.8 Å². The van der Waals surface area contributed by atoms with E-state index in [0.29, 0.717) is 28.9 Å². The first-order chi connectivity index (χ1) is 15.1. The fraction of sp³-hybridized carbons (Fsp3) is 0.565. The van der Waals surface area contributed by atoms with Gasteiger partial charge in [0.05, 0.1) is 17.8 Å². The number of nitrogens with one attached hydrogen (secondary N) is 2. The molecule has 0 amide bonds. The quantitative estimate of drug-likeness (QED) is 0.584. The average Bonchev–Trinajstić information content (AvgIpc) is 2.81. The highest BCUT2D eigenvalue weighted by Gasteiger charge is 2.20. The molecule has 168 valence electrons. The van der Waals surface area contributed by atoms with Crippen LogP contribution in [0.2, 0.25) is 5.02 Å². The lowest BCUT2D eigenvalue weighted by Gasteiger charge is -2.27. The van der Waals surface area contributed by atoms with Crippen molar-refractivity contribution >= 4 is 23.1 Å². The molecule has 8 heteroatoms. The van der Waals surface area contributed by atoms with Gasteiger partial charge in [0.25, 0.3) is 0 Å². The van der Waals surface area contributed by atoms with Crippen LogP contribution in [0.1, 0.15) is 38.5 Å². The maximum atomic E-state index is 6.52. The van der Waals surface area contributed by atoms with Crippen LogP contribution in [-0.4, -0.2) is 48.9 Å². The lowest BCUT2D eigenvalue weighted by Crippen LogP contribution is -2.33. The number of nitrogens with zero attached hydrogens (tertiary/aromatic N) is 2. The fourth-order valence-corrected chi connectivity index (χ4v) is 4.52. The van der Waals surface area contributed by atoms with Gasteiger partial charge in [0.2, 0.25) is 5.88 Å². The summed E-state index contributed by atoms with van der Waals surface area (Å²) in [6.07, 6.45) is 9.84. The summed E-state index contributed by atoms with van der Waals surface area (Å²) in [6, 6.07) is 4.77. The third kappa shape index (κ3) is 5.79. The van der Waals surface area contributed by atoms with Crippen molar-refractivity contribution in [2.24, 2.45) is 11.7 Å². The van der Waals surface area contributed by atoms with Crippen molar-refractivity contribution in [2.45, 2.75) is 50.6 Å². The molecule has 7 nitrogen and oxygen atoms in total. The van der Waals surface area contributed by atoms with Crippen LogP contribution in [0.25, 0.3) is 11.1 Å². The van der Waals surface area contributed by atoms with E-state index < -0.39 is 0 Å². The summed E-state index contributed by atoms with van der Waals surface area (Å²) in [5.74, 6) is 2.00. The van der Waals surface area contributed by atoms with Crippen molar-refractivity contribution in [2.75, 3.05) is 37.5 Å². The molecule has 4 rings (SSSR count). The number of hydrogen-bond donors (Lipinski definition) is 3. The zero-order chi connectivity index (χ0) is 21.6. The number of ether oxygens (including phenoxy) is 2. The molecule has 1 saturated heterocycles. The first kappa shape index (κ1) is 22.1. The smallest absolute Gasteiger partial charge is 0.237 e. The summed E-state index contributed by atoms with van der Waals surface area (Å²) >= 11 is 6.52. The molecule has 3 heterocycles. The van der Waals surface area contributed by atoms with Crippen LogP contribution >= 0.6 is 11.6 Å². The molecule has 2 aliphatic rings. The Hall–Kier alpha value is -2.09. The first-order valence-corrected chi connectivity index (χ1v) is 11.5. The summed E-state index contributed by atoms with van der Waals surface area (Å²) in [6.45, 7) is 2.53. The number of methoxy groups -OCH3 is 1. The van der Waals surface area contributed by atoms with Gasteiger partial charge in [-0.05, 0) is 56.6 Å². The zero-order valence-corrected chi connectivity index (χ0v) is 18.8. The van der Waals surface area contributed by atoms with Crippen LogP contribution in [0.4, 0.5) is 11.5 Å². The Balaban J connectivity index is 1.51. The van der Waals surface area contributed by atoms with Crippen LogP contribution in [0, 0.1) is 5.92 Å². The van der Waals surface area contributed by atoms with E-state index in [1.54, 1.807) is 19.5 Å². The van der Waals surface area contributed by atoms with E-state index in [0.717, 1.165) is 80.9 Å². The molecule has 31 heavy (non-hydrogen) atoms. The summed E-state index contributed by atoms with van der Waals surface area (Å²) in [7, 11) is 1.64. The van der Waals surface area contributed by atoms with Crippen molar-refractivity contribution in [3.8, 4) is 17.0 Å². The van der Waals surface area contributed by atoms with Gasteiger partial charge in [0, 0.05) is 55.4 Å². The molecule has 0 unspecified atom stereocenters. The fourth-order valence-electron chi connectivity index (χ4n) is 4.31. The average molecular weight is 446 g/mol. The predicted molar refractivity (Wildman–Crippen MR) is 125 cm³/mol. The molecule has 0 spiro atoms. The van der Waals surface area contributed by atoms with Crippen LogP contribution in [-0.2, 0) is 4.74 Å². The highest BCUT2D eigenvalue weighted by molar-refractivity contribution is 6.33. The molecule has 0 radical (unpaired) electrons. The van der Waals surface area contributed by atoms with E-state index in [1.807, 2.05) is 6.07 Å². The second-order valence-corrected chi connectivity index (χ2v) is 8.93. The Morgan fingerprint density at radius 2 is 1.87 bits per heavy atom. The number of rotatable bonds is 7. The highest BCUT2D eigenvalue weighted by Crippen LogP contribution is 2.34. The van der Waals surface area contributed by atoms with Crippen LogP contribution < -0.4 is 21.1 Å². The molecule has 1 aliphatic heterocycles. The largest absolute Gasteiger partial charge is 0.480 e. The van der Waals surface area contributed by atoms with Crippen LogP contribution in [0.5, 0.6) is 5.88 Å². The van der Waals surface area contributed by atoms with E-state index in [1.165, 1.54) is 0 Å². The summed E-state index contributed by atoms with van der Waals surface area (Å²) in [5, 5.41) is 7.66. The molecular formula is C23H32ClN5O2. The molecule has 0 bridgehead atoms. The van der Waals surface area contributed by atoms with E-state index in [2.05, 4.69) is 26.7 Å².